The monoisotopic (exact) mass is 323 g/mol. The minimum Gasteiger partial charge on any atom is -0.396 e. The molecular formula is C19H37N3O. The highest BCUT2D eigenvalue weighted by molar-refractivity contribution is 4.92. The maximum absolute atomic E-state index is 9.13. The average Bonchev–Trinajstić information content (AvgIpc) is 2.56. The topological polar surface area (TPSA) is 69.0 Å². The molecule has 134 valence electrons. The summed E-state index contributed by atoms with van der Waals surface area (Å²) in [7, 11) is 0. The molecule has 0 aliphatic rings. The van der Waals surface area contributed by atoms with Crippen LogP contribution in [0.1, 0.15) is 90.9 Å². The molecule has 0 bridgehead atoms. The fourth-order valence-corrected chi connectivity index (χ4v) is 2.74. The van der Waals surface area contributed by atoms with Crippen LogP contribution in [0.5, 0.6) is 0 Å². The molecule has 0 aliphatic heterocycles. The second-order valence-electron chi connectivity index (χ2n) is 6.57. The Morgan fingerprint density at radius 3 is 1.96 bits per heavy atom. The summed E-state index contributed by atoms with van der Waals surface area (Å²) in [6, 6.07) is -0.339. The Kier molecular flexibility index (Phi) is 16.6. The number of unbranched alkanes of at least 4 members (excludes halogenated alkanes) is 11. The van der Waals surface area contributed by atoms with E-state index in [1.807, 2.05) is 6.92 Å². The third-order valence-corrected chi connectivity index (χ3v) is 4.41. The first kappa shape index (κ1) is 22.0. The van der Waals surface area contributed by atoms with Crippen molar-refractivity contribution in [3.63, 3.8) is 0 Å². The Morgan fingerprint density at radius 1 is 0.957 bits per heavy atom. The van der Waals surface area contributed by atoms with E-state index < -0.39 is 0 Å². The summed E-state index contributed by atoms with van der Waals surface area (Å²) in [5.74, 6) is 0.101. The third kappa shape index (κ3) is 14.3. The van der Waals surface area contributed by atoms with Crippen molar-refractivity contribution in [1.29, 1.82) is 0 Å². The van der Waals surface area contributed by atoms with Crippen LogP contribution in [-0.4, -0.2) is 17.8 Å². The van der Waals surface area contributed by atoms with Gasteiger partial charge in [0.2, 0.25) is 0 Å². The van der Waals surface area contributed by atoms with Gasteiger partial charge in [-0.25, -0.2) is 0 Å². The molecule has 0 spiro atoms. The van der Waals surface area contributed by atoms with Crippen molar-refractivity contribution in [2.75, 3.05) is 6.61 Å². The summed E-state index contributed by atoms with van der Waals surface area (Å²) < 4.78 is 0. The van der Waals surface area contributed by atoms with Gasteiger partial charge in [0.05, 0.1) is 12.6 Å². The second-order valence-corrected chi connectivity index (χ2v) is 6.57. The normalized spacial score (nSPS) is 13.9. The van der Waals surface area contributed by atoms with Crippen LogP contribution in [-0.2, 0) is 0 Å². The molecule has 0 amide bonds. The maximum Gasteiger partial charge on any atom is 0.0665 e. The van der Waals surface area contributed by atoms with Gasteiger partial charge in [-0.15, -0.1) is 0 Å². The highest BCUT2D eigenvalue weighted by atomic mass is 16.3. The van der Waals surface area contributed by atoms with Crippen molar-refractivity contribution in [2.24, 2.45) is 11.0 Å². The van der Waals surface area contributed by atoms with Crippen LogP contribution in [0.25, 0.3) is 10.4 Å². The van der Waals surface area contributed by atoms with E-state index >= 15 is 0 Å². The first-order valence-electron chi connectivity index (χ1n) is 9.58. The predicted molar refractivity (Wildman–Crippen MR) is 99.4 cm³/mol. The largest absolute Gasteiger partial charge is 0.396 e. The van der Waals surface area contributed by atoms with Crippen LogP contribution in [0.3, 0.4) is 0 Å². The lowest BCUT2D eigenvalue weighted by Crippen LogP contribution is -2.17. The van der Waals surface area contributed by atoms with Crippen molar-refractivity contribution in [1.82, 2.24) is 0 Å². The molecule has 0 aromatic heterocycles. The zero-order valence-electron chi connectivity index (χ0n) is 15.3. The lowest BCUT2D eigenvalue weighted by Gasteiger charge is -2.12. The van der Waals surface area contributed by atoms with Gasteiger partial charge in [-0.05, 0) is 24.3 Å². The molecule has 23 heavy (non-hydrogen) atoms. The molecule has 4 nitrogen and oxygen atoms in total. The third-order valence-electron chi connectivity index (χ3n) is 4.41. The number of aliphatic hydroxyl groups is 1. The number of azide groups is 1. The van der Waals surface area contributed by atoms with E-state index in [2.05, 4.69) is 29.1 Å². The van der Waals surface area contributed by atoms with Crippen LogP contribution in [0.2, 0.25) is 0 Å². The van der Waals surface area contributed by atoms with Crippen molar-refractivity contribution < 1.29 is 5.11 Å². The number of aliphatic hydroxyl groups excluding tert-OH is 1. The SMILES string of the molecule is CCCCCCCCCCCCC/C=C/[C@@H](C)C(CO)N=[N+]=[N-]. The molecule has 0 heterocycles. The number of allylic oxidation sites excluding steroid dienone is 1. The van der Waals surface area contributed by atoms with Gasteiger partial charge < -0.3 is 5.11 Å². The van der Waals surface area contributed by atoms with Gasteiger partial charge in [-0.2, -0.15) is 0 Å². The number of hydrogen-bond acceptors (Lipinski definition) is 2. The fourth-order valence-electron chi connectivity index (χ4n) is 2.74. The van der Waals surface area contributed by atoms with E-state index in [-0.39, 0.29) is 18.6 Å². The molecular weight excluding hydrogens is 286 g/mol. The van der Waals surface area contributed by atoms with E-state index in [1.54, 1.807) is 0 Å². The van der Waals surface area contributed by atoms with Gasteiger partial charge >= 0.3 is 0 Å². The molecule has 0 fully saturated rings. The first-order valence-corrected chi connectivity index (χ1v) is 9.58. The Morgan fingerprint density at radius 2 is 1.48 bits per heavy atom. The summed E-state index contributed by atoms with van der Waals surface area (Å²) in [5, 5.41) is 12.7. The van der Waals surface area contributed by atoms with Gasteiger partial charge in [0.15, 0.2) is 0 Å². The van der Waals surface area contributed by atoms with E-state index in [9.17, 15) is 0 Å². The Balaban J connectivity index is 3.41. The van der Waals surface area contributed by atoms with Crippen LogP contribution in [0.4, 0.5) is 0 Å². The lowest BCUT2D eigenvalue weighted by molar-refractivity contribution is 0.246. The quantitative estimate of drug-likeness (QED) is 0.113. The van der Waals surface area contributed by atoms with E-state index in [0.717, 1.165) is 6.42 Å². The molecule has 0 aromatic rings. The van der Waals surface area contributed by atoms with Crippen molar-refractivity contribution in [2.45, 2.75) is 96.9 Å². The molecule has 1 N–H and O–H groups in total. The molecule has 0 radical (unpaired) electrons. The van der Waals surface area contributed by atoms with Gasteiger partial charge in [0.25, 0.3) is 0 Å². The highest BCUT2D eigenvalue weighted by Crippen LogP contribution is 2.13. The maximum atomic E-state index is 9.13. The Labute approximate surface area is 143 Å². The summed E-state index contributed by atoms with van der Waals surface area (Å²) in [6.45, 7) is 4.15. The van der Waals surface area contributed by atoms with Gasteiger partial charge in [0, 0.05) is 4.91 Å². The zero-order chi connectivity index (χ0) is 17.2. The van der Waals surface area contributed by atoms with E-state index in [1.165, 1.54) is 70.6 Å². The molecule has 0 saturated carbocycles. The average molecular weight is 324 g/mol. The lowest BCUT2D eigenvalue weighted by atomic mass is 10.0. The summed E-state index contributed by atoms with van der Waals surface area (Å²) >= 11 is 0. The summed E-state index contributed by atoms with van der Waals surface area (Å²) in [5.41, 5.74) is 8.42. The van der Waals surface area contributed by atoms with Crippen LogP contribution < -0.4 is 0 Å². The minimum absolute atomic E-state index is 0.0893. The van der Waals surface area contributed by atoms with Gasteiger partial charge in [0.1, 0.15) is 0 Å². The standard InChI is InChI=1S/C19H37N3O/c1-3-4-5-6-7-8-9-10-11-12-13-14-15-16-18(2)19(17-23)21-22-20/h15-16,18-19,23H,3-14,17H2,1-2H3/b16-15+/t18-,19?/m1/s1. The first-order chi connectivity index (χ1) is 11.3. The molecule has 2 atom stereocenters. The predicted octanol–water partition coefficient (Wildman–Crippen LogP) is 6.55. The molecule has 0 aromatic carbocycles. The van der Waals surface area contributed by atoms with Crippen molar-refractivity contribution in [3.8, 4) is 0 Å². The fraction of sp³-hybridized carbons (Fsp3) is 0.895. The van der Waals surface area contributed by atoms with Gasteiger partial charge in [-0.3, -0.25) is 0 Å². The highest BCUT2D eigenvalue weighted by Gasteiger charge is 2.10. The Bertz CT molecular complexity index is 325. The summed E-state index contributed by atoms with van der Waals surface area (Å²) in [4.78, 5) is 2.77. The van der Waals surface area contributed by atoms with Gasteiger partial charge in [-0.1, -0.05) is 95.3 Å². The van der Waals surface area contributed by atoms with Crippen molar-refractivity contribution in [3.05, 3.63) is 22.6 Å². The second kappa shape index (κ2) is 17.4. The number of rotatable bonds is 16. The van der Waals surface area contributed by atoms with E-state index in [0.29, 0.717) is 0 Å². The molecule has 4 heteroatoms. The van der Waals surface area contributed by atoms with Crippen LogP contribution >= 0.6 is 0 Å². The van der Waals surface area contributed by atoms with E-state index in [4.69, 9.17) is 10.6 Å². The molecule has 0 aliphatic carbocycles. The molecule has 0 saturated heterocycles. The molecule has 1 unspecified atom stereocenters. The van der Waals surface area contributed by atoms with Crippen LogP contribution in [0, 0.1) is 5.92 Å². The minimum atomic E-state index is -0.339. The smallest absolute Gasteiger partial charge is 0.0665 e. The number of hydrogen-bond donors (Lipinski definition) is 1. The number of nitrogens with zero attached hydrogens (tertiary/aromatic N) is 3. The van der Waals surface area contributed by atoms with Crippen molar-refractivity contribution >= 4 is 0 Å². The zero-order valence-corrected chi connectivity index (χ0v) is 15.3. The molecule has 0 rings (SSSR count). The summed E-state index contributed by atoms with van der Waals surface area (Å²) in [6.07, 6.45) is 20.3. The van der Waals surface area contributed by atoms with Crippen LogP contribution in [0.15, 0.2) is 17.3 Å². The Hall–Kier alpha value is -0.990.